The lowest BCUT2D eigenvalue weighted by Crippen LogP contribution is -2.45. The summed E-state index contributed by atoms with van der Waals surface area (Å²) in [6.07, 6.45) is 1.75. The maximum absolute atomic E-state index is 13.1. The number of anilines is 2. The summed E-state index contributed by atoms with van der Waals surface area (Å²) in [4.78, 5) is 40.9. The van der Waals surface area contributed by atoms with E-state index in [2.05, 4.69) is 11.9 Å². The van der Waals surface area contributed by atoms with Crippen molar-refractivity contribution in [1.29, 1.82) is 0 Å². The Bertz CT molecular complexity index is 895. The summed E-state index contributed by atoms with van der Waals surface area (Å²) in [7, 11) is 0. The van der Waals surface area contributed by atoms with Crippen molar-refractivity contribution in [3.05, 3.63) is 72.8 Å². The van der Waals surface area contributed by atoms with E-state index >= 15 is 0 Å². The highest BCUT2D eigenvalue weighted by Gasteiger charge is 2.38. The van der Waals surface area contributed by atoms with Crippen LogP contribution >= 0.6 is 0 Å². The Morgan fingerprint density at radius 3 is 2.64 bits per heavy atom. The monoisotopic (exact) mass is 377 g/mol. The Kier molecular flexibility index (Phi) is 5.89. The molecule has 2 aromatic carbocycles. The minimum Gasteiger partial charge on any atom is -0.327 e. The van der Waals surface area contributed by atoms with Gasteiger partial charge in [-0.25, -0.2) is 0 Å². The lowest BCUT2D eigenvalue weighted by Gasteiger charge is -2.27. The molecule has 1 aliphatic rings. The van der Waals surface area contributed by atoms with Crippen LogP contribution in [0.1, 0.15) is 23.7 Å². The summed E-state index contributed by atoms with van der Waals surface area (Å²) in [5, 5.41) is 2.65. The molecular weight excluding hydrogens is 354 g/mol. The quantitative estimate of drug-likeness (QED) is 0.787. The van der Waals surface area contributed by atoms with Gasteiger partial charge >= 0.3 is 0 Å². The Labute approximate surface area is 164 Å². The smallest absolute Gasteiger partial charge is 0.254 e. The molecule has 0 aliphatic carbocycles. The van der Waals surface area contributed by atoms with Gasteiger partial charge < -0.3 is 15.1 Å². The second-order valence-electron chi connectivity index (χ2n) is 6.50. The highest BCUT2D eigenvalue weighted by atomic mass is 16.2. The average Bonchev–Trinajstić information content (AvgIpc) is 3.10. The SMILES string of the molecule is C=CC(=O)Nc1cccc(C(=O)N(CC)C2CCN(c3ccccc3)C2=O)c1. The highest BCUT2D eigenvalue weighted by Crippen LogP contribution is 2.25. The maximum Gasteiger partial charge on any atom is 0.254 e. The van der Waals surface area contributed by atoms with Crippen LogP contribution in [-0.2, 0) is 9.59 Å². The van der Waals surface area contributed by atoms with E-state index in [0.29, 0.717) is 30.8 Å². The number of amides is 3. The van der Waals surface area contributed by atoms with Crippen molar-refractivity contribution < 1.29 is 14.4 Å². The summed E-state index contributed by atoms with van der Waals surface area (Å²) >= 11 is 0. The third-order valence-corrected chi connectivity index (χ3v) is 4.79. The molecule has 1 saturated heterocycles. The molecule has 6 nitrogen and oxygen atoms in total. The fourth-order valence-electron chi connectivity index (χ4n) is 3.41. The summed E-state index contributed by atoms with van der Waals surface area (Å²) < 4.78 is 0. The number of benzene rings is 2. The van der Waals surface area contributed by atoms with Gasteiger partial charge in [-0.3, -0.25) is 14.4 Å². The summed E-state index contributed by atoms with van der Waals surface area (Å²) in [6, 6.07) is 15.7. The molecule has 1 heterocycles. The number of carbonyl (C=O) groups is 3. The molecule has 28 heavy (non-hydrogen) atoms. The summed E-state index contributed by atoms with van der Waals surface area (Å²) in [5.41, 5.74) is 1.78. The van der Waals surface area contributed by atoms with Crippen molar-refractivity contribution in [2.45, 2.75) is 19.4 Å². The second kappa shape index (κ2) is 8.52. The fourth-order valence-corrected chi connectivity index (χ4v) is 3.41. The van der Waals surface area contributed by atoms with Crippen molar-refractivity contribution in [2.24, 2.45) is 0 Å². The van der Waals surface area contributed by atoms with Crippen LogP contribution in [0.4, 0.5) is 11.4 Å². The van der Waals surface area contributed by atoms with Gasteiger partial charge in [0.2, 0.25) is 11.8 Å². The fraction of sp³-hybridized carbons (Fsp3) is 0.227. The van der Waals surface area contributed by atoms with Gasteiger partial charge in [-0.05, 0) is 49.8 Å². The van der Waals surface area contributed by atoms with Crippen molar-refractivity contribution >= 4 is 29.1 Å². The zero-order chi connectivity index (χ0) is 20.1. The van der Waals surface area contributed by atoms with Gasteiger partial charge in [0.05, 0.1) is 0 Å². The normalized spacial score (nSPS) is 16.0. The maximum atomic E-state index is 13.1. The number of hydrogen-bond donors (Lipinski definition) is 1. The highest BCUT2D eigenvalue weighted by molar-refractivity contribution is 6.05. The molecule has 1 aliphatic heterocycles. The van der Waals surface area contributed by atoms with Crippen molar-refractivity contribution in [2.75, 3.05) is 23.3 Å². The van der Waals surface area contributed by atoms with Crippen LogP contribution in [-0.4, -0.2) is 41.8 Å². The lowest BCUT2D eigenvalue weighted by molar-refractivity contribution is -0.121. The van der Waals surface area contributed by atoms with Crippen LogP contribution in [0, 0.1) is 0 Å². The standard InChI is InChI=1S/C22H23N3O3/c1-3-20(26)23-17-10-8-9-16(15-17)21(27)24(4-2)19-13-14-25(22(19)28)18-11-6-5-7-12-18/h3,5-12,15,19H,1,4,13-14H2,2H3,(H,23,26). The molecule has 2 aromatic rings. The molecule has 1 atom stereocenters. The van der Waals surface area contributed by atoms with E-state index in [4.69, 9.17) is 0 Å². The van der Waals surface area contributed by atoms with E-state index in [0.717, 1.165) is 5.69 Å². The molecule has 144 valence electrons. The predicted molar refractivity (Wildman–Crippen MR) is 109 cm³/mol. The van der Waals surface area contributed by atoms with Gasteiger partial charge in [0.25, 0.3) is 5.91 Å². The van der Waals surface area contributed by atoms with E-state index in [-0.39, 0.29) is 17.7 Å². The van der Waals surface area contributed by atoms with Crippen LogP contribution in [0.2, 0.25) is 0 Å². The first-order valence-corrected chi connectivity index (χ1v) is 9.26. The van der Waals surface area contributed by atoms with E-state index in [1.54, 1.807) is 34.1 Å². The van der Waals surface area contributed by atoms with E-state index in [9.17, 15) is 14.4 Å². The Balaban J connectivity index is 1.79. The molecule has 0 saturated carbocycles. The molecule has 0 bridgehead atoms. The van der Waals surface area contributed by atoms with E-state index in [1.165, 1.54) is 6.08 Å². The summed E-state index contributed by atoms with van der Waals surface area (Å²) in [6.45, 7) is 6.27. The largest absolute Gasteiger partial charge is 0.327 e. The molecule has 3 rings (SSSR count). The first kappa shape index (κ1) is 19.4. The van der Waals surface area contributed by atoms with Crippen LogP contribution in [0.5, 0.6) is 0 Å². The van der Waals surface area contributed by atoms with Crippen LogP contribution in [0.15, 0.2) is 67.3 Å². The number of rotatable bonds is 6. The lowest BCUT2D eigenvalue weighted by atomic mass is 10.1. The first-order valence-electron chi connectivity index (χ1n) is 9.26. The van der Waals surface area contributed by atoms with Crippen molar-refractivity contribution in [1.82, 2.24) is 4.90 Å². The van der Waals surface area contributed by atoms with Crippen molar-refractivity contribution in [3.8, 4) is 0 Å². The minimum absolute atomic E-state index is 0.0717. The van der Waals surface area contributed by atoms with Gasteiger partial charge in [0.1, 0.15) is 6.04 Å². The van der Waals surface area contributed by atoms with Crippen LogP contribution in [0.3, 0.4) is 0 Å². The molecule has 1 fully saturated rings. The number of nitrogens with one attached hydrogen (secondary N) is 1. The number of carbonyl (C=O) groups excluding carboxylic acids is 3. The molecule has 1 N–H and O–H groups in total. The number of para-hydroxylation sites is 1. The number of nitrogens with zero attached hydrogens (tertiary/aromatic N) is 2. The number of likely N-dealkylation sites (N-methyl/N-ethyl adjacent to an activating group) is 1. The molecule has 3 amide bonds. The van der Waals surface area contributed by atoms with Gasteiger partial charge in [-0.2, -0.15) is 0 Å². The van der Waals surface area contributed by atoms with Gasteiger partial charge in [0, 0.05) is 30.0 Å². The first-order chi connectivity index (χ1) is 13.5. The molecular formula is C22H23N3O3. The molecule has 0 spiro atoms. The summed E-state index contributed by atoms with van der Waals surface area (Å²) in [5.74, 6) is -0.649. The van der Waals surface area contributed by atoms with Gasteiger partial charge in [-0.15, -0.1) is 0 Å². The Morgan fingerprint density at radius 2 is 1.96 bits per heavy atom. The van der Waals surface area contributed by atoms with Gasteiger partial charge in [0.15, 0.2) is 0 Å². The second-order valence-corrected chi connectivity index (χ2v) is 6.50. The zero-order valence-electron chi connectivity index (χ0n) is 15.8. The molecule has 1 unspecified atom stereocenters. The van der Waals surface area contributed by atoms with Crippen molar-refractivity contribution in [3.63, 3.8) is 0 Å². The Morgan fingerprint density at radius 1 is 1.21 bits per heavy atom. The Hall–Kier alpha value is -3.41. The molecule has 6 heteroatoms. The topological polar surface area (TPSA) is 69.7 Å². The third kappa shape index (κ3) is 3.96. The van der Waals surface area contributed by atoms with Crippen LogP contribution < -0.4 is 10.2 Å². The third-order valence-electron chi connectivity index (χ3n) is 4.79. The molecule has 0 aromatic heterocycles. The minimum atomic E-state index is -0.496. The number of hydrogen-bond acceptors (Lipinski definition) is 3. The average molecular weight is 377 g/mol. The molecule has 0 radical (unpaired) electrons. The van der Waals surface area contributed by atoms with E-state index in [1.807, 2.05) is 37.3 Å². The van der Waals surface area contributed by atoms with Crippen LogP contribution in [0.25, 0.3) is 0 Å². The predicted octanol–water partition coefficient (Wildman–Crippen LogP) is 3.08. The van der Waals surface area contributed by atoms with E-state index < -0.39 is 6.04 Å². The van der Waals surface area contributed by atoms with Gasteiger partial charge in [-0.1, -0.05) is 30.8 Å². The zero-order valence-corrected chi connectivity index (χ0v) is 15.8.